The number of rotatable bonds is 5. The molecule has 120 valence electrons. The molecule has 1 N–H and O–H groups in total. The molecule has 0 spiro atoms. The predicted octanol–water partition coefficient (Wildman–Crippen LogP) is 3.00. The van der Waals surface area contributed by atoms with Crippen molar-refractivity contribution in [3.63, 3.8) is 0 Å². The van der Waals surface area contributed by atoms with Crippen molar-refractivity contribution in [1.82, 2.24) is 20.4 Å². The highest BCUT2D eigenvalue weighted by Gasteiger charge is 2.25. The lowest BCUT2D eigenvalue weighted by Crippen LogP contribution is -2.36. The second-order valence-electron chi connectivity index (χ2n) is 5.34. The maximum Gasteiger partial charge on any atom is 0.241 e. The Morgan fingerprint density at radius 3 is 2.86 bits per heavy atom. The molecule has 5 nitrogen and oxygen atoms in total. The molecular formula is C15H20Cl2N4O. The molecule has 1 atom stereocenters. The van der Waals surface area contributed by atoms with E-state index >= 15 is 0 Å². The van der Waals surface area contributed by atoms with Gasteiger partial charge in [0.05, 0.1) is 6.54 Å². The molecule has 1 aliphatic rings. The number of nitrogens with one attached hydrogen (secondary N) is 1. The van der Waals surface area contributed by atoms with Gasteiger partial charge in [0.25, 0.3) is 0 Å². The Morgan fingerprint density at radius 2 is 2.14 bits per heavy atom. The summed E-state index contributed by atoms with van der Waals surface area (Å²) in [4.78, 5) is 6.88. The molecule has 0 radical (unpaired) electrons. The van der Waals surface area contributed by atoms with Crippen molar-refractivity contribution in [1.29, 1.82) is 0 Å². The predicted molar refractivity (Wildman–Crippen MR) is 89.4 cm³/mol. The van der Waals surface area contributed by atoms with E-state index in [1.54, 1.807) is 0 Å². The van der Waals surface area contributed by atoms with Crippen LogP contribution in [-0.4, -0.2) is 41.2 Å². The molecule has 22 heavy (non-hydrogen) atoms. The molecule has 1 unspecified atom stereocenters. The van der Waals surface area contributed by atoms with Crippen LogP contribution in [-0.2, 0) is 6.54 Å². The summed E-state index contributed by atoms with van der Waals surface area (Å²) >= 11 is 5.89. The number of aromatic nitrogens is 2. The molecule has 1 aromatic carbocycles. The first-order chi connectivity index (χ1) is 10.3. The lowest BCUT2D eigenvalue weighted by atomic mass is 10.2. The highest BCUT2D eigenvalue weighted by molar-refractivity contribution is 6.30. The number of hydrogen-bond acceptors (Lipinski definition) is 5. The number of benzene rings is 1. The summed E-state index contributed by atoms with van der Waals surface area (Å²) in [6, 6.07) is 8.01. The van der Waals surface area contributed by atoms with Crippen LogP contribution >= 0.6 is 24.0 Å². The van der Waals surface area contributed by atoms with Crippen molar-refractivity contribution in [3.05, 3.63) is 35.2 Å². The quantitative estimate of drug-likeness (QED) is 0.905. The zero-order valence-corrected chi connectivity index (χ0v) is 14.0. The minimum atomic E-state index is 0. The van der Waals surface area contributed by atoms with Gasteiger partial charge in [0.2, 0.25) is 11.7 Å². The van der Waals surface area contributed by atoms with Crippen LogP contribution in [0.25, 0.3) is 11.4 Å². The van der Waals surface area contributed by atoms with Gasteiger partial charge >= 0.3 is 0 Å². The van der Waals surface area contributed by atoms with Crippen LogP contribution < -0.4 is 5.32 Å². The maximum atomic E-state index is 5.89. The third-order valence-electron chi connectivity index (χ3n) is 3.85. The fourth-order valence-electron chi connectivity index (χ4n) is 2.78. The van der Waals surface area contributed by atoms with Crippen LogP contribution in [0.5, 0.6) is 0 Å². The van der Waals surface area contributed by atoms with E-state index in [4.69, 9.17) is 16.1 Å². The van der Waals surface area contributed by atoms with Crippen LogP contribution in [0.2, 0.25) is 5.02 Å². The smallest absolute Gasteiger partial charge is 0.241 e. The Hall–Kier alpha value is -1.14. The van der Waals surface area contributed by atoms with Crippen LogP contribution in [0.4, 0.5) is 0 Å². The van der Waals surface area contributed by atoms with E-state index < -0.39 is 0 Å². The topological polar surface area (TPSA) is 54.2 Å². The maximum absolute atomic E-state index is 5.89. The van der Waals surface area contributed by atoms with E-state index in [0.717, 1.165) is 18.7 Å². The van der Waals surface area contributed by atoms with Crippen molar-refractivity contribution < 1.29 is 4.52 Å². The normalized spacial score (nSPS) is 18.4. The van der Waals surface area contributed by atoms with Gasteiger partial charge in [-0.3, -0.25) is 4.90 Å². The zero-order chi connectivity index (χ0) is 14.7. The van der Waals surface area contributed by atoms with E-state index in [-0.39, 0.29) is 12.4 Å². The Morgan fingerprint density at radius 1 is 1.36 bits per heavy atom. The fraction of sp³-hybridized carbons (Fsp3) is 0.467. The lowest BCUT2D eigenvalue weighted by molar-refractivity contribution is 0.209. The highest BCUT2D eigenvalue weighted by Crippen LogP contribution is 2.22. The number of halogens is 2. The summed E-state index contributed by atoms with van der Waals surface area (Å²) < 4.78 is 5.38. The average Bonchev–Trinajstić information content (AvgIpc) is 3.11. The second-order valence-corrected chi connectivity index (χ2v) is 5.78. The van der Waals surface area contributed by atoms with Gasteiger partial charge in [0.1, 0.15) is 0 Å². The first-order valence-electron chi connectivity index (χ1n) is 7.23. The summed E-state index contributed by atoms with van der Waals surface area (Å²) in [6.45, 7) is 2.80. The summed E-state index contributed by atoms with van der Waals surface area (Å²) in [5, 5.41) is 8.00. The molecule has 2 heterocycles. The van der Waals surface area contributed by atoms with Crippen LogP contribution in [0.1, 0.15) is 18.7 Å². The van der Waals surface area contributed by atoms with Crippen molar-refractivity contribution in [2.24, 2.45) is 0 Å². The van der Waals surface area contributed by atoms with E-state index in [1.807, 2.05) is 31.3 Å². The Kier molecular flexibility index (Phi) is 6.20. The second kappa shape index (κ2) is 7.92. The highest BCUT2D eigenvalue weighted by atomic mass is 35.5. The summed E-state index contributed by atoms with van der Waals surface area (Å²) in [6.07, 6.45) is 2.45. The monoisotopic (exact) mass is 342 g/mol. The van der Waals surface area contributed by atoms with E-state index in [0.29, 0.717) is 29.3 Å². The third-order valence-corrected chi connectivity index (χ3v) is 4.10. The Balaban J connectivity index is 0.00000176. The molecule has 0 bridgehead atoms. The molecule has 1 saturated heterocycles. The first-order valence-corrected chi connectivity index (χ1v) is 7.61. The molecule has 0 aliphatic carbocycles. The zero-order valence-electron chi connectivity index (χ0n) is 12.5. The van der Waals surface area contributed by atoms with Gasteiger partial charge in [0, 0.05) is 23.2 Å². The third kappa shape index (κ3) is 3.98. The fourth-order valence-corrected chi connectivity index (χ4v) is 2.91. The molecule has 1 aromatic heterocycles. The molecule has 0 amide bonds. The van der Waals surface area contributed by atoms with Crippen molar-refractivity contribution in [2.75, 3.05) is 20.1 Å². The van der Waals surface area contributed by atoms with Crippen molar-refractivity contribution in [3.8, 4) is 11.4 Å². The van der Waals surface area contributed by atoms with Crippen LogP contribution in [0, 0.1) is 0 Å². The molecule has 1 fully saturated rings. The average molecular weight is 343 g/mol. The largest absolute Gasteiger partial charge is 0.338 e. The molecule has 2 aromatic rings. The van der Waals surface area contributed by atoms with Gasteiger partial charge in [-0.25, -0.2) is 0 Å². The summed E-state index contributed by atoms with van der Waals surface area (Å²) in [7, 11) is 1.99. The minimum absolute atomic E-state index is 0. The van der Waals surface area contributed by atoms with Gasteiger partial charge in [-0.2, -0.15) is 4.98 Å². The SMILES string of the molecule is CNCC1CCCN1Cc1nc(-c2ccc(Cl)cc2)no1.Cl. The van der Waals surface area contributed by atoms with Gasteiger partial charge < -0.3 is 9.84 Å². The number of likely N-dealkylation sites (tertiary alicyclic amines) is 1. The van der Waals surface area contributed by atoms with Crippen LogP contribution in [0.15, 0.2) is 28.8 Å². The standard InChI is InChI=1S/C15H19ClN4O.ClH/c1-17-9-13-3-2-8-20(13)10-14-18-15(19-21-14)11-4-6-12(16)7-5-11;/h4-7,13,17H,2-3,8-10H2,1H3;1H. The van der Waals surface area contributed by atoms with E-state index in [2.05, 4.69) is 20.4 Å². The van der Waals surface area contributed by atoms with Crippen molar-refractivity contribution >= 4 is 24.0 Å². The molecule has 1 aliphatic heterocycles. The first kappa shape index (κ1) is 17.2. The van der Waals surface area contributed by atoms with Gasteiger partial charge in [-0.1, -0.05) is 16.8 Å². The van der Waals surface area contributed by atoms with Crippen molar-refractivity contribution in [2.45, 2.75) is 25.4 Å². The van der Waals surface area contributed by atoms with E-state index in [9.17, 15) is 0 Å². The lowest BCUT2D eigenvalue weighted by Gasteiger charge is -2.22. The minimum Gasteiger partial charge on any atom is -0.338 e. The number of likely N-dealkylation sites (N-methyl/N-ethyl adjacent to an activating group) is 1. The summed E-state index contributed by atoms with van der Waals surface area (Å²) in [5.74, 6) is 1.29. The molecule has 3 rings (SSSR count). The molecule has 7 heteroatoms. The van der Waals surface area contributed by atoms with Gasteiger partial charge in [0.15, 0.2) is 0 Å². The number of hydrogen-bond donors (Lipinski definition) is 1. The molecular weight excluding hydrogens is 323 g/mol. The Labute approximate surface area is 141 Å². The van der Waals surface area contributed by atoms with Gasteiger partial charge in [-0.15, -0.1) is 12.4 Å². The van der Waals surface area contributed by atoms with Crippen LogP contribution in [0.3, 0.4) is 0 Å². The number of nitrogens with zero attached hydrogens (tertiary/aromatic N) is 3. The van der Waals surface area contributed by atoms with E-state index in [1.165, 1.54) is 12.8 Å². The van der Waals surface area contributed by atoms with Gasteiger partial charge in [-0.05, 0) is 50.7 Å². The molecule has 0 saturated carbocycles. The summed E-state index contributed by atoms with van der Waals surface area (Å²) in [5.41, 5.74) is 0.919. The Bertz CT molecular complexity index is 587.